The number of nitrogens with zero attached hydrogens (tertiary/aromatic N) is 3. The molecule has 1 aromatic heterocycles. The minimum absolute atomic E-state index is 0.328. The van der Waals surface area contributed by atoms with Crippen LogP contribution in [-0.2, 0) is 0 Å². The van der Waals surface area contributed by atoms with Crippen LogP contribution in [-0.4, -0.2) is 15.0 Å². The fourth-order valence-electron chi connectivity index (χ4n) is 12.9. The summed E-state index contributed by atoms with van der Waals surface area (Å²) in [7, 11) is 0. The van der Waals surface area contributed by atoms with Crippen LogP contribution in [0.5, 0.6) is 0 Å². The lowest BCUT2D eigenvalue weighted by Gasteiger charge is -2.59. The third-order valence-corrected chi connectivity index (χ3v) is 14.9. The predicted molar refractivity (Wildman–Crippen MR) is 250 cm³/mol. The molecule has 292 valence electrons. The highest BCUT2D eigenvalue weighted by Gasteiger charge is 2.56. The van der Waals surface area contributed by atoms with Gasteiger partial charge < -0.3 is 0 Å². The van der Waals surface area contributed by atoms with Crippen LogP contribution >= 0.6 is 0 Å². The van der Waals surface area contributed by atoms with Crippen LogP contribution in [0.25, 0.3) is 89.1 Å². The summed E-state index contributed by atoms with van der Waals surface area (Å²) in [5.41, 5.74) is 14.1. The van der Waals surface area contributed by atoms with E-state index in [0.29, 0.717) is 28.8 Å². The van der Waals surface area contributed by atoms with E-state index in [4.69, 9.17) is 15.0 Å². The zero-order valence-corrected chi connectivity index (χ0v) is 34.1. The summed E-state index contributed by atoms with van der Waals surface area (Å²) in [6.45, 7) is 0. The van der Waals surface area contributed by atoms with Crippen LogP contribution in [0, 0.1) is 23.2 Å². The van der Waals surface area contributed by atoms with E-state index in [1.54, 1.807) is 11.1 Å². The van der Waals surface area contributed by atoms with Gasteiger partial charge in [-0.3, -0.25) is 0 Å². The maximum Gasteiger partial charge on any atom is 0.164 e. The Balaban J connectivity index is 0.977. The molecule has 3 nitrogen and oxygen atoms in total. The number of benzene rings is 8. The summed E-state index contributed by atoms with van der Waals surface area (Å²) in [6.07, 6.45) is 8.49. The van der Waals surface area contributed by atoms with Crippen molar-refractivity contribution in [2.24, 2.45) is 23.2 Å². The predicted octanol–water partition coefficient (Wildman–Crippen LogP) is 14.8. The number of aromatic nitrogens is 3. The summed E-state index contributed by atoms with van der Waals surface area (Å²) in [5.74, 6) is 5.08. The van der Waals surface area contributed by atoms with Crippen LogP contribution in [0.3, 0.4) is 0 Å². The van der Waals surface area contributed by atoms with Crippen molar-refractivity contribution in [3.05, 3.63) is 187 Å². The minimum Gasteiger partial charge on any atom is -0.208 e. The van der Waals surface area contributed by atoms with Crippen molar-refractivity contribution in [1.29, 1.82) is 0 Å². The first-order valence-electron chi connectivity index (χ1n) is 22.3. The molecule has 0 amide bonds. The Morgan fingerprint density at radius 3 is 1.52 bits per heavy atom. The van der Waals surface area contributed by atoms with Gasteiger partial charge in [0.05, 0.1) is 0 Å². The van der Waals surface area contributed by atoms with Crippen LogP contribution < -0.4 is 0 Å². The Hall–Kier alpha value is -6.71. The van der Waals surface area contributed by atoms with Gasteiger partial charge >= 0.3 is 0 Å². The highest BCUT2D eigenvalue weighted by atomic mass is 15.0. The topological polar surface area (TPSA) is 38.7 Å². The van der Waals surface area contributed by atoms with E-state index in [2.05, 4.69) is 158 Å². The molecule has 1 atom stereocenters. The van der Waals surface area contributed by atoms with Crippen molar-refractivity contribution < 1.29 is 0 Å². The van der Waals surface area contributed by atoms with E-state index in [9.17, 15) is 0 Å². The Morgan fingerprint density at radius 2 is 0.852 bits per heavy atom. The van der Waals surface area contributed by atoms with Gasteiger partial charge in [-0.1, -0.05) is 152 Å². The van der Waals surface area contributed by atoms with Crippen molar-refractivity contribution in [3.8, 4) is 67.5 Å². The second-order valence-electron chi connectivity index (χ2n) is 18.6. The zero-order valence-electron chi connectivity index (χ0n) is 34.1. The van der Waals surface area contributed by atoms with E-state index in [1.807, 2.05) is 18.2 Å². The van der Waals surface area contributed by atoms with Crippen LogP contribution in [0.2, 0.25) is 0 Å². The largest absolute Gasteiger partial charge is 0.208 e. The van der Waals surface area contributed by atoms with E-state index in [0.717, 1.165) is 45.6 Å². The average Bonchev–Trinajstić information content (AvgIpc) is 3.63. The third kappa shape index (κ3) is 5.74. The molecule has 0 aliphatic heterocycles. The standard InChI is InChI=1S/C58H45N3/c1-3-12-39(13-4-1)43-19-11-20-47(29-43)57-60-55(41-14-5-2-6-15-41)59-56(61-57)42-24-22-40(23-25-42)52-48-21-10-9-18-46(48)32-51-53(52)49-30-44-16-7-8-17-45(44)31-50(49)54(51)58-33-36-26-37(34-58)28-38(27-36)35-58/h1-25,29-32,36-38,54H,26-28,33-35H2. The molecule has 4 fully saturated rings. The van der Waals surface area contributed by atoms with Crippen molar-refractivity contribution in [2.75, 3.05) is 0 Å². The highest BCUT2D eigenvalue weighted by Crippen LogP contribution is 2.69. The summed E-state index contributed by atoms with van der Waals surface area (Å²) < 4.78 is 0. The SMILES string of the molecule is c1ccc(-c2cccc(-c3nc(-c4ccccc4)nc(-c4ccc(-c5c6c(cc7ccccc57)C(C57CC8CC(CC(C8)C5)C7)c5cc7ccccc7cc5-6)cc4)n3)c2)cc1. The average molecular weight is 784 g/mol. The number of rotatable bonds is 6. The maximum absolute atomic E-state index is 5.18. The van der Waals surface area contributed by atoms with Gasteiger partial charge in [-0.2, -0.15) is 0 Å². The Labute approximate surface area is 357 Å². The van der Waals surface area contributed by atoms with E-state index in [-0.39, 0.29) is 0 Å². The summed E-state index contributed by atoms with van der Waals surface area (Å²) in [6, 6.07) is 64.2. The summed E-state index contributed by atoms with van der Waals surface area (Å²) in [4.78, 5) is 15.4. The third-order valence-electron chi connectivity index (χ3n) is 14.9. The van der Waals surface area contributed by atoms with Crippen molar-refractivity contribution in [1.82, 2.24) is 15.0 Å². The molecule has 1 heterocycles. The quantitative estimate of drug-likeness (QED) is 0.169. The Bertz CT molecular complexity index is 3130. The lowest BCUT2D eigenvalue weighted by Crippen LogP contribution is -2.48. The zero-order chi connectivity index (χ0) is 40.1. The van der Waals surface area contributed by atoms with Gasteiger partial charge in [0.1, 0.15) is 0 Å². The molecule has 4 saturated carbocycles. The molecule has 5 aliphatic rings. The fraction of sp³-hybridized carbons (Fsp3) is 0.190. The van der Waals surface area contributed by atoms with Crippen LogP contribution in [0.1, 0.15) is 55.6 Å². The van der Waals surface area contributed by atoms with E-state index in [1.165, 1.54) is 82.3 Å². The van der Waals surface area contributed by atoms with Gasteiger partial charge in [0.2, 0.25) is 0 Å². The fourth-order valence-corrected chi connectivity index (χ4v) is 12.9. The number of hydrogen-bond acceptors (Lipinski definition) is 3. The molecule has 61 heavy (non-hydrogen) atoms. The van der Waals surface area contributed by atoms with Gasteiger partial charge in [0, 0.05) is 22.6 Å². The minimum atomic E-state index is 0.328. The van der Waals surface area contributed by atoms with Gasteiger partial charge in [0.15, 0.2) is 17.5 Å². The molecule has 4 bridgehead atoms. The van der Waals surface area contributed by atoms with Crippen molar-refractivity contribution >= 4 is 21.5 Å². The molecule has 3 heteroatoms. The second-order valence-corrected chi connectivity index (χ2v) is 18.6. The first-order valence-corrected chi connectivity index (χ1v) is 22.3. The molecule has 8 aromatic carbocycles. The molecule has 0 radical (unpaired) electrons. The molecule has 0 N–H and O–H groups in total. The van der Waals surface area contributed by atoms with Crippen LogP contribution in [0.15, 0.2) is 176 Å². The molecule has 0 saturated heterocycles. The summed E-state index contributed by atoms with van der Waals surface area (Å²) >= 11 is 0. The van der Waals surface area contributed by atoms with Gasteiger partial charge in [-0.05, 0) is 152 Å². The second kappa shape index (κ2) is 13.7. The first-order chi connectivity index (χ1) is 30.1. The summed E-state index contributed by atoms with van der Waals surface area (Å²) in [5, 5.41) is 5.32. The van der Waals surface area contributed by atoms with Crippen LogP contribution in [0.4, 0.5) is 0 Å². The van der Waals surface area contributed by atoms with Gasteiger partial charge in [-0.15, -0.1) is 0 Å². The maximum atomic E-state index is 5.18. The molecular weight excluding hydrogens is 739 g/mol. The number of fused-ring (bicyclic) bond motifs is 5. The molecule has 1 unspecified atom stereocenters. The van der Waals surface area contributed by atoms with Gasteiger partial charge in [0.25, 0.3) is 0 Å². The van der Waals surface area contributed by atoms with Crippen molar-refractivity contribution in [2.45, 2.75) is 44.4 Å². The first kappa shape index (κ1) is 35.1. The highest BCUT2D eigenvalue weighted by molar-refractivity contribution is 6.09. The molecule has 14 rings (SSSR count). The molecule has 9 aromatic rings. The number of hydrogen-bond donors (Lipinski definition) is 0. The Kier molecular flexibility index (Phi) is 7.86. The Morgan fingerprint density at radius 1 is 0.361 bits per heavy atom. The monoisotopic (exact) mass is 783 g/mol. The smallest absolute Gasteiger partial charge is 0.164 e. The van der Waals surface area contributed by atoms with Gasteiger partial charge in [-0.25, -0.2) is 15.0 Å². The van der Waals surface area contributed by atoms with Crippen molar-refractivity contribution in [3.63, 3.8) is 0 Å². The molecule has 0 spiro atoms. The lowest BCUT2D eigenvalue weighted by molar-refractivity contribution is -0.0612. The molecule has 5 aliphatic carbocycles. The van der Waals surface area contributed by atoms with E-state index < -0.39 is 0 Å². The van der Waals surface area contributed by atoms with E-state index >= 15 is 0 Å². The lowest BCUT2D eigenvalue weighted by atomic mass is 9.45. The normalized spacial score (nSPS) is 22.1. The molecular formula is C58H45N3.